The molecule has 2 nitrogen and oxygen atoms in total. The summed E-state index contributed by atoms with van der Waals surface area (Å²) in [5.41, 5.74) is 2.19. The van der Waals surface area contributed by atoms with Crippen LogP contribution in [0, 0.1) is 0 Å². The molecule has 1 heterocycles. The summed E-state index contributed by atoms with van der Waals surface area (Å²) in [5.74, 6) is 0.867. The minimum absolute atomic E-state index is 0.692. The summed E-state index contributed by atoms with van der Waals surface area (Å²) < 4.78 is 5.07. The highest BCUT2D eigenvalue weighted by atomic mass is 79.9. The van der Waals surface area contributed by atoms with Crippen LogP contribution in [0.4, 0.5) is 0 Å². The number of nitrogens with zero attached hydrogens (tertiary/aromatic N) is 1. The van der Waals surface area contributed by atoms with Gasteiger partial charge in [-0.25, -0.2) is 0 Å². The third kappa shape index (κ3) is 1.65. The fourth-order valence-electron chi connectivity index (χ4n) is 1.21. The second-order valence-electron chi connectivity index (χ2n) is 2.66. The summed E-state index contributed by atoms with van der Waals surface area (Å²) in [6.07, 6.45) is 1.74. The van der Waals surface area contributed by atoms with Gasteiger partial charge in [-0.15, -0.1) is 0 Å². The molecule has 66 valence electrons. The summed E-state index contributed by atoms with van der Waals surface area (Å²) in [5, 5.41) is 4.46. The zero-order chi connectivity index (χ0) is 9.10. The fraction of sp³-hybridized carbons (Fsp3) is 0.100. The Morgan fingerprint density at radius 2 is 2.00 bits per heavy atom. The number of hydrogen-bond donors (Lipinski definition) is 0. The van der Waals surface area contributed by atoms with Crippen LogP contribution in [0.5, 0.6) is 0 Å². The Bertz CT molecular complexity index is 383. The molecule has 0 atom stereocenters. The Hall–Kier alpha value is -1.09. The zero-order valence-corrected chi connectivity index (χ0v) is 8.49. The van der Waals surface area contributed by atoms with Crippen LogP contribution in [0.1, 0.15) is 5.76 Å². The largest absolute Gasteiger partial charge is 0.360 e. The Labute approximate surface area is 84.7 Å². The molecule has 2 aromatic rings. The lowest BCUT2D eigenvalue weighted by molar-refractivity contribution is 0.396. The molecule has 2 rings (SSSR count). The summed E-state index contributed by atoms with van der Waals surface area (Å²) in [6, 6.07) is 10.1. The maximum Gasteiger partial charge on any atom is 0.155 e. The zero-order valence-electron chi connectivity index (χ0n) is 6.90. The van der Waals surface area contributed by atoms with E-state index in [0.717, 1.165) is 16.9 Å². The van der Waals surface area contributed by atoms with Crippen LogP contribution >= 0.6 is 15.9 Å². The van der Waals surface area contributed by atoms with E-state index in [9.17, 15) is 0 Å². The lowest BCUT2D eigenvalue weighted by Crippen LogP contribution is -1.78. The van der Waals surface area contributed by atoms with Gasteiger partial charge in [0, 0.05) is 5.56 Å². The molecule has 13 heavy (non-hydrogen) atoms. The Kier molecular flexibility index (Phi) is 2.45. The first-order valence-electron chi connectivity index (χ1n) is 3.97. The maximum atomic E-state index is 5.07. The molecular weight excluding hydrogens is 230 g/mol. The van der Waals surface area contributed by atoms with Crippen LogP contribution in [-0.4, -0.2) is 5.16 Å². The molecule has 0 N–H and O–H groups in total. The number of benzene rings is 1. The van der Waals surface area contributed by atoms with E-state index in [4.69, 9.17) is 4.52 Å². The summed E-state index contributed by atoms with van der Waals surface area (Å²) in [7, 11) is 0. The third-order valence-corrected chi connectivity index (χ3v) is 2.36. The molecule has 1 aromatic heterocycles. The van der Waals surface area contributed by atoms with Crippen LogP contribution < -0.4 is 0 Å². The quantitative estimate of drug-likeness (QED) is 0.750. The molecule has 0 aliphatic heterocycles. The summed E-state index contributed by atoms with van der Waals surface area (Å²) in [6.45, 7) is 0. The molecule has 0 saturated carbocycles. The normalized spacial score (nSPS) is 10.2. The van der Waals surface area contributed by atoms with Crippen molar-refractivity contribution in [2.45, 2.75) is 5.33 Å². The van der Waals surface area contributed by atoms with E-state index in [1.54, 1.807) is 6.20 Å². The van der Waals surface area contributed by atoms with Crippen molar-refractivity contribution >= 4 is 15.9 Å². The van der Waals surface area contributed by atoms with E-state index in [2.05, 4.69) is 21.1 Å². The molecule has 0 amide bonds. The Balaban J connectivity index is 2.47. The molecule has 0 aliphatic carbocycles. The van der Waals surface area contributed by atoms with Crippen molar-refractivity contribution in [1.82, 2.24) is 5.16 Å². The third-order valence-electron chi connectivity index (χ3n) is 1.85. The number of hydrogen-bond acceptors (Lipinski definition) is 2. The van der Waals surface area contributed by atoms with Crippen molar-refractivity contribution in [2.24, 2.45) is 0 Å². The second-order valence-corrected chi connectivity index (χ2v) is 3.22. The Morgan fingerprint density at radius 1 is 1.23 bits per heavy atom. The van der Waals surface area contributed by atoms with Gasteiger partial charge in [0.25, 0.3) is 0 Å². The molecular formula is C10H8BrNO. The molecule has 0 fully saturated rings. The van der Waals surface area contributed by atoms with E-state index in [1.165, 1.54) is 0 Å². The van der Waals surface area contributed by atoms with E-state index >= 15 is 0 Å². The average molecular weight is 238 g/mol. The van der Waals surface area contributed by atoms with E-state index in [-0.39, 0.29) is 0 Å². The standard InChI is InChI=1S/C10H8BrNO/c11-6-10-9(7-12-13-10)8-4-2-1-3-5-8/h1-5,7H,6H2. The fourth-order valence-corrected chi connectivity index (χ4v) is 1.62. The highest BCUT2D eigenvalue weighted by molar-refractivity contribution is 9.08. The number of rotatable bonds is 2. The van der Waals surface area contributed by atoms with Gasteiger partial charge >= 0.3 is 0 Å². The number of alkyl halides is 1. The summed E-state index contributed by atoms with van der Waals surface area (Å²) >= 11 is 3.35. The molecule has 0 spiro atoms. The highest BCUT2D eigenvalue weighted by Crippen LogP contribution is 2.24. The molecule has 0 bridgehead atoms. The first kappa shape index (κ1) is 8.51. The van der Waals surface area contributed by atoms with Crippen LogP contribution in [0.25, 0.3) is 11.1 Å². The topological polar surface area (TPSA) is 26.0 Å². The number of halogens is 1. The van der Waals surface area contributed by atoms with Gasteiger partial charge < -0.3 is 4.52 Å². The van der Waals surface area contributed by atoms with Crippen molar-refractivity contribution < 1.29 is 4.52 Å². The average Bonchev–Trinajstić information content (AvgIpc) is 2.67. The number of aromatic nitrogens is 1. The van der Waals surface area contributed by atoms with Crippen molar-refractivity contribution in [1.29, 1.82) is 0 Å². The predicted molar refractivity (Wildman–Crippen MR) is 54.6 cm³/mol. The van der Waals surface area contributed by atoms with Gasteiger partial charge in [-0.1, -0.05) is 51.4 Å². The van der Waals surface area contributed by atoms with Gasteiger partial charge in [0.2, 0.25) is 0 Å². The lowest BCUT2D eigenvalue weighted by atomic mass is 10.1. The smallest absolute Gasteiger partial charge is 0.155 e. The molecule has 3 heteroatoms. The van der Waals surface area contributed by atoms with Gasteiger partial charge in [0.15, 0.2) is 5.76 Å². The minimum atomic E-state index is 0.692. The van der Waals surface area contributed by atoms with Crippen LogP contribution in [0.2, 0.25) is 0 Å². The van der Waals surface area contributed by atoms with Gasteiger partial charge in [-0.2, -0.15) is 0 Å². The second kappa shape index (κ2) is 3.75. The van der Waals surface area contributed by atoms with Crippen LogP contribution in [0.3, 0.4) is 0 Å². The molecule has 0 unspecified atom stereocenters. The van der Waals surface area contributed by atoms with Crippen molar-refractivity contribution in [2.75, 3.05) is 0 Å². The highest BCUT2D eigenvalue weighted by Gasteiger charge is 2.07. The van der Waals surface area contributed by atoms with Crippen LogP contribution in [0.15, 0.2) is 41.1 Å². The lowest BCUT2D eigenvalue weighted by Gasteiger charge is -1.96. The van der Waals surface area contributed by atoms with Crippen molar-refractivity contribution in [3.05, 3.63) is 42.3 Å². The maximum absolute atomic E-state index is 5.07. The molecule has 0 radical (unpaired) electrons. The van der Waals surface area contributed by atoms with Crippen molar-refractivity contribution in [3.8, 4) is 11.1 Å². The molecule has 0 aliphatic rings. The van der Waals surface area contributed by atoms with Gasteiger partial charge in [0.05, 0.1) is 11.5 Å². The first-order chi connectivity index (χ1) is 6.42. The van der Waals surface area contributed by atoms with Crippen molar-refractivity contribution in [3.63, 3.8) is 0 Å². The minimum Gasteiger partial charge on any atom is -0.360 e. The van der Waals surface area contributed by atoms with Gasteiger partial charge in [0.1, 0.15) is 0 Å². The summed E-state index contributed by atoms with van der Waals surface area (Å²) in [4.78, 5) is 0. The van der Waals surface area contributed by atoms with E-state index < -0.39 is 0 Å². The monoisotopic (exact) mass is 237 g/mol. The van der Waals surface area contributed by atoms with Crippen LogP contribution in [-0.2, 0) is 5.33 Å². The van der Waals surface area contributed by atoms with Gasteiger partial charge in [-0.05, 0) is 5.56 Å². The van der Waals surface area contributed by atoms with Gasteiger partial charge in [-0.3, -0.25) is 0 Å². The molecule has 0 saturated heterocycles. The Morgan fingerprint density at radius 3 is 2.69 bits per heavy atom. The SMILES string of the molecule is BrCc1oncc1-c1ccccc1. The predicted octanol–water partition coefficient (Wildman–Crippen LogP) is 3.24. The van der Waals surface area contributed by atoms with E-state index in [0.29, 0.717) is 5.33 Å². The molecule has 1 aromatic carbocycles. The first-order valence-corrected chi connectivity index (χ1v) is 5.09. The van der Waals surface area contributed by atoms with E-state index in [1.807, 2.05) is 30.3 Å².